The van der Waals surface area contributed by atoms with Gasteiger partial charge in [0.05, 0.1) is 0 Å². The molecule has 3 aromatic rings. The first kappa shape index (κ1) is 9.96. The van der Waals surface area contributed by atoms with Gasteiger partial charge in [-0.3, -0.25) is 0 Å². The summed E-state index contributed by atoms with van der Waals surface area (Å²) in [7, 11) is 0. The summed E-state index contributed by atoms with van der Waals surface area (Å²) in [5.74, 6) is 0.332. The molecular weight excluding hydrogens is 214 g/mol. The van der Waals surface area contributed by atoms with Gasteiger partial charge in [0, 0.05) is 28.7 Å². The van der Waals surface area contributed by atoms with Crippen LogP contribution in [-0.4, -0.2) is 10.1 Å². The fourth-order valence-corrected chi connectivity index (χ4v) is 2.22. The van der Waals surface area contributed by atoms with Crippen molar-refractivity contribution in [2.24, 2.45) is 0 Å². The Balaban J connectivity index is 2.31. The zero-order valence-corrected chi connectivity index (χ0v) is 9.74. The minimum atomic E-state index is 0.332. The van der Waals surface area contributed by atoms with Gasteiger partial charge in [0.15, 0.2) is 0 Å². The van der Waals surface area contributed by atoms with Crippen LogP contribution in [0.2, 0.25) is 0 Å². The Morgan fingerprint density at radius 3 is 2.76 bits per heavy atom. The van der Waals surface area contributed by atoms with Crippen molar-refractivity contribution in [2.75, 3.05) is 5.73 Å². The van der Waals surface area contributed by atoms with Crippen molar-refractivity contribution < 1.29 is 4.52 Å². The Morgan fingerprint density at radius 1 is 1.24 bits per heavy atom. The Morgan fingerprint density at radius 2 is 2.06 bits per heavy atom. The molecule has 3 N–H and O–H groups in total. The Hall–Kier alpha value is -2.23. The number of aromatic amines is 1. The number of hydrogen-bond acceptors (Lipinski definition) is 3. The summed E-state index contributed by atoms with van der Waals surface area (Å²) in [5.41, 5.74) is 10.9. The normalized spacial score (nSPS) is 11.2. The van der Waals surface area contributed by atoms with Gasteiger partial charge in [-0.15, -0.1) is 0 Å². The first-order chi connectivity index (χ1) is 8.15. The van der Waals surface area contributed by atoms with Crippen LogP contribution in [0.4, 0.5) is 5.88 Å². The van der Waals surface area contributed by atoms with Crippen LogP contribution in [0.1, 0.15) is 11.1 Å². The highest BCUT2D eigenvalue weighted by Crippen LogP contribution is 2.31. The van der Waals surface area contributed by atoms with Crippen molar-refractivity contribution >= 4 is 16.8 Å². The Labute approximate surface area is 98.4 Å². The van der Waals surface area contributed by atoms with E-state index in [9.17, 15) is 0 Å². The molecule has 1 aromatic carbocycles. The quantitative estimate of drug-likeness (QED) is 0.671. The molecule has 0 aliphatic heterocycles. The largest absolute Gasteiger partial charge is 0.368 e. The summed E-state index contributed by atoms with van der Waals surface area (Å²) in [6.45, 7) is 4.17. The van der Waals surface area contributed by atoms with Crippen LogP contribution in [-0.2, 0) is 0 Å². The lowest BCUT2D eigenvalue weighted by molar-refractivity contribution is 0.439. The molecule has 86 valence electrons. The van der Waals surface area contributed by atoms with Gasteiger partial charge in [-0.2, -0.15) is 0 Å². The third-order valence-corrected chi connectivity index (χ3v) is 2.94. The average Bonchev–Trinajstić information content (AvgIpc) is 2.83. The van der Waals surface area contributed by atoms with E-state index in [1.165, 1.54) is 11.1 Å². The lowest BCUT2D eigenvalue weighted by atomic mass is 10.0. The first-order valence-corrected chi connectivity index (χ1v) is 5.46. The molecule has 0 bridgehead atoms. The van der Waals surface area contributed by atoms with Crippen LogP contribution in [0, 0.1) is 13.8 Å². The molecule has 2 aromatic heterocycles. The minimum absolute atomic E-state index is 0.332. The maximum absolute atomic E-state index is 5.55. The molecule has 0 spiro atoms. The summed E-state index contributed by atoms with van der Waals surface area (Å²) in [4.78, 5) is 3.27. The van der Waals surface area contributed by atoms with E-state index in [-0.39, 0.29) is 0 Å². The molecule has 0 fully saturated rings. The standard InChI is InChI=1S/C13H13N3O/c1-7-3-8(2)13-9(4-7)10(6-15-13)11-5-12(14)17-16-11/h3-6,15H,14H2,1-2H3. The van der Waals surface area contributed by atoms with E-state index in [0.29, 0.717) is 5.88 Å². The number of aryl methyl sites for hydroxylation is 2. The number of anilines is 1. The number of fused-ring (bicyclic) bond motifs is 1. The molecular formula is C13H13N3O. The Kier molecular flexibility index (Phi) is 1.98. The molecule has 2 heterocycles. The van der Waals surface area contributed by atoms with Crippen LogP contribution < -0.4 is 5.73 Å². The lowest BCUT2D eigenvalue weighted by Gasteiger charge is -2.00. The highest BCUT2D eigenvalue weighted by Gasteiger charge is 2.11. The third kappa shape index (κ3) is 1.49. The van der Waals surface area contributed by atoms with Gasteiger partial charge in [0.25, 0.3) is 0 Å². The molecule has 0 aliphatic rings. The fourth-order valence-electron chi connectivity index (χ4n) is 2.22. The van der Waals surface area contributed by atoms with Crippen LogP contribution in [0.25, 0.3) is 22.2 Å². The van der Waals surface area contributed by atoms with E-state index in [1.807, 2.05) is 6.20 Å². The predicted octanol–water partition coefficient (Wildman–Crippen LogP) is 3.02. The van der Waals surface area contributed by atoms with Gasteiger partial charge in [0.1, 0.15) is 5.69 Å². The number of rotatable bonds is 1. The molecule has 0 radical (unpaired) electrons. The molecule has 17 heavy (non-hydrogen) atoms. The predicted molar refractivity (Wildman–Crippen MR) is 67.7 cm³/mol. The molecule has 0 aliphatic carbocycles. The highest BCUT2D eigenvalue weighted by molar-refractivity contribution is 5.96. The summed E-state index contributed by atoms with van der Waals surface area (Å²) in [6.07, 6.45) is 1.94. The molecule has 0 saturated carbocycles. The average molecular weight is 227 g/mol. The van der Waals surface area contributed by atoms with Crippen molar-refractivity contribution in [3.63, 3.8) is 0 Å². The van der Waals surface area contributed by atoms with Crippen LogP contribution in [0.3, 0.4) is 0 Å². The summed E-state index contributed by atoms with van der Waals surface area (Å²) < 4.78 is 4.91. The van der Waals surface area contributed by atoms with E-state index in [1.54, 1.807) is 6.07 Å². The van der Waals surface area contributed by atoms with Crippen molar-refractivity contribution in [2.45, 2.75) is 13.8 Å². The van der Waals surface area contributed by atoms with Gasteiger partial charge in [-0.25, -0.2) is 0 Å². The van der Waals surface area contributed by atoms with Crippen LogP contribution in [0.15, 0.2) is 28.9 Å². The van der Waals surface area contributed by atoms with Crippen LogP contribution in [0.5, 0.6) is 0 Å². The van der Waals surface area contributed by atoms with Gasteiger partial charge < -0.3 is 15.2 Å². The van der Waals surface area contributed by atoms with Crippen LogP contribution >= 0.6 is 0 Å². The number of aromatic nitrogens is 2. The summed E-state index contributed by atoms with van der Waals surface area (Å²) >= 11 is 0. The van der Waals surface area contributed by atoms with Gasteiger partial charge in [0.2, 0.25) is 5.88 Å². The van der Waals surface area contributed by atoms with Crippen molar-refractivity contribution in [3.8, 4) is 11.3 Å². The van der Waals surface area contributed by atoms with Gasteiger partial charge in [-0.1, -0.05) is 16.8 Å². The molecule has 0 saturated heterocycles. The van der Waals surface area contributed by atoms with Gasteiger partial charge in [-0.05, 0) is 25.5 Å². The maximum atomic E-state index is 5.55. The summed E-state index contributed by atoms with van der Waals surface area (Å²) in [6, 6.07) is 6.03. The molecule has 0 amide bonds. The van der Waals surface area contributed by atoms with E-state index in [0.717, 1.165) is 22.2 Å². The number of nitrogens with two attached hydrogens (primary N) is 1. The smallest absolute Gasteiger partial charge is 0.222 e. The topological polar surface area (TPSA) is 67.8 Å². The van der Waals surface area contributed by atoms with E-state index in [4.69, 9.17) is 10.3 Å². The zero-order chi connectivity index (χ0) is 12.0. The van der Waals surface area contributed by atoms with Crippen molar-refractivity contribution in [1.82, 2.24) is 10.1 Å². The second-order valence-corrected chi connectivity index (χ2v) is 4.32. The second kappa shape index (κ2) is 3.38. The third-order valence-electron chi connectivity index (χ3n) is 2.94. The van der Waals surface area contributed by atoms with Gasteiger partial charge >= 0.3 is 0 Å². The molecule has 0 atom stereocenters. The SMILES string of the molecule is Cc1cc(C)c2[nH]cc(-c3cc(N)on3)c2c1. The molecule has 0 unspecified atom stereocenters. The number of nitrogens with one attached hydrogen (secondary N) is 1. The van der Waals surface area contributed by atoms with E-state index < -0.39 is 0 Å². The number of H-pyrrole nitrogens is 1. The maximum Gasteiger partial charge on any atom is 0.222 e. The highest BCUT2D eigenvalue weighted by atomic mass is 16.5. The lowest BCUT2D eigenvalue weighted by Crippen LogP contribution is -1.80. The number of hydrogen-bond donors (Lipinski definition) is 2. The summed E-state index contributed by atoms with van der Waals surface area (Å²) in [5, 5.41) is 5.10. The van der Waals surface area contributed by atoms with Crippen molar-refractivity contribution in [1.29, 1.82) is 0 Å². The van der Waals surface area contributed by atoms with E-state index >= 15 is 0 Å². The number of nitrogen functional groups attached to an aromatic ring is 1. The second-order valence-electron chi connectivity index (χ2n) is 4.32. The number of nitrogens with zero attached hydrogens (tertiary/aromatic N) is 1. The Bertz CT molecular complexity index is 694. The zero-order valence-electron chi connectivity index (χ0n) is 9.74. The monoisotopic (exact) mass is 227 g/mol. The fraction of sp³-hybridized carbons (Fsp3) is 0.154. The first-order valence-electron chi connectivity index (χ1n) is 5.46. The minimum Gasteiger partial charge on any atom is -0.368 e. The van der Waals surface area contributed by atoms with Crippen molar-refractivity contribution in [3.05, 3.63) is 35.5 Å². The molecule has 4 heteroatoms. The molecule has 4 nitrogen and oxygen atoms in total. The molecule has 3 rings (SSSR count). The number of benzene rings is 1. The van der Waals surface area contributed by atoms with E-state index in [2.05, 4.69) is 36.1 Å².